The van der Waals surface area contributed by atoms with Crippen molar-refractivity contribution in [1.82, 2.24) is 0 Å². The van der Waals surface area contributed by atoms with Gasteiger partial charge in [-0.3, -0.25) is 9.59 Å². The second-order valence-corrected chi connectivity index (χ2v) is 4.64. The summed E-state index contributed by atoms with van der Waals surface area (Å²) in [5, 5.41) is 0.415. The number of carbonyl (C=O) groups excluding carboxylic acids is 1. The van der Waals surface area contributed by atoms with E-state index in [1.54, 1.807) is 19.1 Å². The first-order valence-electron chi connectivity index (χ1n) is 5.03. The van der Waals surface area contributed by atoms with Crippen molar-refractivity contribution in [1.29, 1.82) is 0 Å². The summed E-state index contributed by atoms with van der Waals surface area (Å²) in [6.45, 7) is 1.66. The fraction of sp³-hybridized carbons (Fsp3) is 0.167. The Balaban J connectivity index is 2.57. The molecule has 0 radical (unpaired) electrons. The number of esters is 1. The van der Waals surface area contributed by atoms with Gasteiger partial charge < -0.3 is 9.15 Å². The fourth-order valence-electron chi connectivity index (χ4n) is 1.35. The first-order valence-corrected chi connectivity index (χ1v) is 6.11. The number of ether oxygens (including phenoxy) is 1. The van der Waals surface area contributed by atoms with Gasteiger partial charge in [-0.25, -0.2) is 0 Å². The Bertz CT molecular complexity index is 630. The average Bonchev–Trinajstić information content (AvgIpc) is 2.33. The van der Waals surface area contributed by atoms with E-state index in [9.17, 15) is 9.59 Å². The molecule has 88 valence electrons. The van der Waals surface area contributed by atoms with Crippen LogP contribution in [0.15, 0.2) is 33.7 Å². The van der Waals surface area contributed by atoms with Gasteiger partial charge in [0.25, 0.3) is 0 Å². The standard InChI is InChI=1S/C12H9IO4/c1-2-11(14)17-10-6-16-9-4-3-7(13)5-8(9)12(10)15/h3-6H,2H2,1H3. The fourth-order valence-corrected chi connectivity index (χ4v) is 1.84. The van der Waals surface area contributed by atoms with Crippen molar-refractivity contribution >= 4 is 39.5 Å². The molecule has 0 fully saturated rings. The topological polar surface area (TPSA) is 56.5 Å². The molecule has 0 aliphatic heterocycles. The third kappa shape index (κ3) is 2.49. The molecule has 0 aliphatic rings. The Kier molecular flexibility index (Phi) is 3.46. The number of hydrogen-bond donors (Lipinski definition) is 0. The zero-order valence-electron chi connectivity index (χ0n) is 9.03. The minimum absolute atomic E-state index is 0.0636. The maximum absolute atomic E-state index is 12.0. The molecule has 0 saturated heterocycles. The summed E-state index contributed by atoms with van der Waals surface area (Å²) in [6.07, 6.45) is 1.38. The van der Waals surface area contributed by atoms with Crippen LogP contribution in [0, 0.1) is 3.57 Å². The van der Waals surface area contributed by atoms with E-state index in [1.165, 1.54) is 6.26 Å². The number of halogens is 1. The van der Waals surface area contributed by atoms with Gasteiger partial charge in [-0.2, -0.15) is 0 Å². The Morgan fingerprint density at radius 3 is 2.94 bits per heavy atom. The number of hydrogen-bond acceptors (Lipinski definition) is 4. The van der Waals surface area contributed by atoms with Gasteiger partial charge in [0.15, 0.2) is 0 Å². The summed E-state index contributed by atoms with van der Waals surface area (Å²) in [5.74, 6) is -0.520. The van der Waals surface area contributed by atoms with Crippen LogP contribution >= 0.6 is 22.6 Å². The largest absolute Gasteiger partial charge is 0.460 e. The second-order valence-electron chi connectivity index (χ2n) is 3.40. The van der Waals surface area contributed by atoms with Gasteiger partial charge in [0, 0.05) is 9.99 Å². The molecule has 0 aliphatic carbocycles. The zero-order chi connectivity index (χ0) is 12.4. The van der Waals surface area contributed by atoms with E-state index in [4.69, 9.17) is 9.15 Å². The normalized spacial score (nSPS) is 10.5. The maximum atomic E-state index is 12.0. The van der Waals surface area contributed by atoms with Gasteiger partial charge in [0.1, 0.15) is 11.8 Å². The van der Waals surface area contributed by atoms with Crippen molar-refractivity contribution in [3.63, 3.8) is 0 Å². The van der Waals surface area contributed by atoms with Gasteiger partial charge in [-0.1, -0.05) is 6.92 Å². The number of carbonyl (C=O) groups is 1. The van der Waals surface area contributed by atoms with Gasteiger partial charge in [0.05, 0.1) is 5.39 Å². The lowest BCUT2D eigenvalue weighted by Gasteiger charge is -2.02. The van der Waals surface area contributed by atoms with Crippen LogP contribution in [0.1, 0.15) is 13.3 Å². The van der Waals surface area contributed by atoms with Crippen LogP contribution in [0.3, 0.4) is 0 Å². The van der Waals surface area contributed by atoms with Crippen LogP contribution in [0.4, 0.5) is 0 Å². The van der Waals surface area contributed by atoms with Gasteiger partial charge in [-0.15, -0.1) is 0 Å². The highest BCUT2D eigenvalue weighted by molar-refractivity contribution is 14.1. The van der Waals surface area contributed by atoms with Gasteiger partial charge >= 0.3 is 5.97 Å². The molecule has 1 heterocycles. The Morgan fingerprint density at radius 1 is 1.47 bits per heavy atom. The van der Waals surface area contributed by atoms with Crippen molar-refractivity contribution in [2.45, 2.75) is 13.3 Å². The molecule has 0 amide bonds. The van der Waals surface area contributed by atoms with Crippen LogP contribution in [0.2, 0.25) is 0 Å². The van der Waals surface area contributed by atoms with E-state index < -0.39 is 5.97 Å². The van der Waals surface area contributed by atoms with Crippen molar-refractivity contribution in [2.24, 2.45) is 0 Å². The van der Waals surface area contributed by atoms with E-state index >= 15 is 0 Å². The predicted octanol–water partition coefficient (Wildman–Crippen LogP) is 2.71. The number of fused-ring (bicyclic) bond motifs is 1. The molecule has 2 rings (SSSR count). The number of rotatable bonds is 2. The smallest absolute Gasteiger partial charge is 0.311 e. The van der Waals surface area contributed by atoms with Gasteiger partial charge in [0.2, 0.25) is 11.2 Å². The predicted molar refractivity (Wildman–Crippen MR) is 71.1 cm³/mol. The molecule has 1 aromatic heterocycles. The second kappa shape index (κ2) is 4.87. The summed E-state index contributed by atoms with van der Waals surface area (Å²) in [4.78, 5) is 23.1. The third-order valence-electron chi connectivity index (χ3n) is 2.22. The molecule has 5 heteroatoms. The molecule has 4 nitrogen and oxygen atoms in total. The SMILES string of the molecule is CCC(=O)Oc1coc2ccc(I)cc2c1=O. The van der Waals surface area contributed by atoms with E-state index in [2.05, 4.69) is 22.6 Å². The summed E-state index contributed by atoms with van der Waals surface area (Å²) in [7, 11) is 0. The van der Waals surface area contributed by atoms with Crippen molar-refractivity contribution in [3.8, 4) is 5.75 Å². The molecule has 2 aromatic rings. The van der Waals surface area contributed by atoms with E-state index in [1.807, 2.05) is 6.07 Å². The molecule has 0 bridgehead atoms. The first-order chi connectivity index (χ1) is 8.11. The zero-order valence-corrected chi connectivity index (χ0v) is 11.2. The summed E-state index contributed by atoms with van der Waals surface area (Å²) in [6, 6.07) is 5.25. The Morgan fingerprint density at radius 2 is 2.24 bits per heavy atom. The summed E-state index contributed by atoms with van der Waals surface area (Å²) < 4.78 is 11.1. The lowest BCUT2D eigenvalue weighted by molar-refractivity contribution is -0.134. The lowest BCUT2D eigenvalue weighted by Crippen LogP contribution is -2.13. The van der Waals surface area contributed by atoms with Crippen molar-refractivity contribution in [3.05, 3.63) is 38.3 Å². The molecular weight excluding hydrogens is 335 g/mol. The highest BCUT2D eigenvalue weighted by Crippen LogP contribution is 2.17. The molecule has 0 saturated carbocycles. The molecule has 0 atom stereocenters. The highest BCUT2D eigenvalue weighted by Gasteiger charge is 2.11. The Labute approximate surface area is 111 Å². The first kappa shape index (κ1) is 12.1. The minimum atomic E-state index is -0.456. The monoisotopic (exact) mass is 344 g/mol. The highest BCUT2D eigenvalue weighted by atomic mass is 127. The molecule has 1 aromatic carbocycles. The molecular formula is C12H9IO4. The molecule has 17 heavy (non-hydrogen) atoms. The van der Waals surface area contributed by atoms with E-state index in [-0.39, 0.29) is 17.6 Å². The van der Waals surface area contributed by atoms with Crippen molar-refractivity contribution < 1.29 is 13.9 Å². The molecule has 0 spiro atoms. The number of benzene rings is 1. The van der Waals surface area contributed by atoms with Crippen molar-refractivity contribution in [2.75, 3.05) is 0 Å². The van der Waals surface area contributed by atoms with E-state index in [0.29, 0.717) is 11.0 Å². The summed E-state index contributed by atoms with van der Waals surface area (Å²) >= 11 is 2.10. The van der Waals surface area contributed by atoms with Crippen LogP contribution < -0.4 is 10.2 Å². The van der Waals surface area contributed by atoms with Crippen LogP contribution in [-0.2, 0) is 4.79 Å². The quantitative estimate of drug-likeness (QED) is 0.621. The summed E-state index contributed by atoms with van der Waals surface area (Å²) in [5.41, 5.74) is 0.151. The molecule has 0 unspecified atom stereocenters. The maximum Gasteiger partial charge on any atom is 0.311 e. The minimum Gasteiger partial charge on any atom is -0.460 e. The molecule has 0 N–H and O–H groups in total. The lowest BCUT2D eigenvalue weighted by atomic mass is 10.2. The third-order valence-corrected chi connectivity index (χ3v) is 2.89. The van der Waals surface area contributed by atoms with Crippen LogP contribution in [0.25, 0.3) is 11.0 Å². The Hall–Kier alpha value is -1.37. The van der Waals surface area contributed by atoms with Gasteiger partial charge in [-0.05, 0) is 40.8 Å². The van der Waals surface area contributed by atoms with E-state index in [0.717, 1.165) is 3.57 Å². The van der Waals surface area contributed by atoms with Crippen LogP contribution in [-0.4, -0.2) is 5.97 Å². The average molecular weight is 344 g/mol. The van der Waals surface area contributed by atoms with Crippen LogP contribution in [0.5, 0.6) is 5.75 Å².